The van der Waals surface area contributed by atoms with Crippen LogP contribution in [0, 0.1) is 0 Å². The molecule has 0 aliphatic heterocycles. The summed E-state index contributed by atoms with van der Waals surface area (Å²) < 4.78 is 2.92. The summed E-state index contributed by atoms with van der Waals surface area (Å²) in [5.41, 5.74) is 3.58. The quantitative estimate of drug-likeness (QED) is 0.719. The van der Waals surface area contributed by atoms with E-state index >= 15 is 0 Å². The molecule has 3 rings (SSSR count). The molecule has 1 N–H and O–H groups in total. The first kappa shape index (κ1) is 16.1. The van der Waals surface area contributed by atoms with Crippen LogP contribution in [0.5, 0.6) is 0 Å². The minimum Gasteiger partial charge on any atom is -0.346 e. The van der Waals surface area contributed by atoms with Gasteiger partial charge in [0, 0.05) is 28.2 Å². The summed E-state index contributed by atoms with van der Waals surface area (Å²) in [5, 5.41) is 2.91. The van der Waals surface area contributed by atoms with Gasteiger partial charge >= 0.3 is 0 Å². The molecule has 0 saturated heterocycles. The van der Waals surface area contributed by atoms with E-state index in [4.69, 9.17) is 0 Å². The van der Waals surface area contributed by atoms with E-state index in [1.54, 1.807) is 11.8 Å². The molecule has 118 valence electrons. The molecule has 0 aliphatic carbocycles. The molecule has 6 heteroatoms. The van der Waals surface area contributed by atoms with Crippen LogP contribution < -0.4 is 5.32 Å². The molecule has 2 heterocycles. The number of fused-ring (bicyclic) bond motifs is 1. The highest BCUT2D eigenvalue weighted by atomic mass is 79.9. The number of imidazole rings is 1. The number of rotatable bonds is 5. The monoisotopic (exact) mass is 389 g/mol. The lowest BCUT2D eigenvalue weighted by Gasteiger charge is -2.04. The molecule has 0 bridgehead atoms. The van der Waals surface area contributed by atoms with E-state index in [0.717, 1.165) is 21.6 Å². The summed E-state index contributed by atoms with van der Waals surface area (Å²) in [6.07, 6.45) is 5.92. The van der Waals surface area contributed by atoms with Crippen molar-refractivity contribution in [2.75, 3.05) is 6.26 Å². The van der Waals surface area contributed by atoms with E-state index in [9.17, 15) is 4.79 Å². The Hall–Kier alpha value is -1.79. The number of halogens is 1. The van der Waals surface area contributed by atoms with Crippen LogP contribution in [0.4, 0.5) is 0 Å². The minimum atomic E-state index is -0.0843. The third kappa shape index (κ3) is 3.95. The smallest absolute Gasteiger partial charge is 0.251 e. The van der Waals surface area contributed by atoms with E-state index in [2.05, 4.69) is 32.5 Å². The molecule has 0 radical (unpaired) electrons. The van der Waals surface area contributed by atoms with Crippen molar-refractivity contribution in [1.29, 1.82) is 0 Å². The summed E-state index contributed by atoms with van der Waals surface area (Å²) in [4.78, 5) is 16.7. The van der Waals surface area contributed by atoms with E-state index in [-0.39, 0.29) is 5.91 Å². The van der Waals surface area contributed by atoms with Crippen molar-refractivity contribution in [2.45, 2.75) is 12.3 Å². The first-order valence-corrected chi connectivity index (χ1v) is 9.33. The van der Waals surface area contributed by atoms with E-state index in [1.165, 1.54) is 5.56 Å². The van der Waals surface area contributed by atoms with Gasteiger partial charge in [-0.3, -0.25) is 4.79 Å². The predicted octanol–water partition coefficient (Wildman–Crippen LogP) is 3.89. The van der Waals surface area contributed by atoms with Gasteiger partial charge in [0.2, 0.25) is 0 Å². The zero-order valence-corrected chi connectivity index (χ0v) is 15.0. The van der Waals surface area contributed by atoms with Crippen molar-refractivity contribution in [2.24, 2.45) is 0 Å². The number of thioether (sulfide) groups is 1. The van der Waals surface area contributed by atoms with Crippen LogP contribution >= 0.6 is 27.7 Å². The third-order valence-electron chi connectivity index (χ3n) is 3.42. The van der Waals surface area contributed by atoms with Crippen molar-refractivity contribution in [3.05, 3.63) is 70.1 Å². The second kappa shape index (κ2) is 7.19. The highest BCUT2D eigenvalue weighted by Crippen LogP contribution is 2.13. The Morgan fingerprint density at radius 2 is 2.00 bits per heavy atom. The Kier molecular flexibility index (Phi) is 5.03. The molecule has 0 aliphatic rings. The summed E-state index contributed by atoms with van der Waals surface area (Å²) >= 11 is 5.20. The van der Waals surface area contributed by atoms with Crippen molar-refractivity contribution in [3.8, 4) is 0 Å². The Morgan fingerprint density at radius 3 is 2.74 bits per heavy atom. The van der Waals surface area contributed by atoms with Crippen molar-refractivity contribution in [3.63, 3.8) is 0 Å². The van der Waals surface area contributed by atoms with Gasteiger partial charge in [-0.1, -0.05) is 12.1 Å². The summed E-state index contributed by atoms with van der Waals surface area (Å²) in [6.45, 7) is 0.407. The fourth-order valence-electron chi connectivity index (χ4n) is 2.29. The number of amides is 1. The van der Waals surface area contributed by atoms with Gasteiger partial charge in [-0.15, -0.1) is 0 Å². The zero-order valence-electron chi connectivity index (χ0n) is 12.6. The molecule has 2 aromatic heterocycles. The zero-order chi connectivity index (χ0) is 16.2. The lowest BCUT2D eigenvalue weighted by atomic mass is 10.1. The first-order chi connectivity index (χ1) is 11.2. The van der Waals surface area contributed by atoms with Gasteiger partial charge in [0.1, 0.15) is 5.65 Å². The Bertz CT molecular complexity index is 829. The molecule has 0 fully saturated rings. The van der Waals surface area contributed by atoms with Crippen molar-refractivity contribution < 1.29 is 4.79 Å². The molecule has 0 atom stereocenters. The number of carbonyl (C=O) groups is 1. The van der Waals surface area contributed by atoms with Crippen molar-refractivity contribution >= 4 is 39.2 Å². The van der Waals surface area contributed by atoms with Crippen LogP contribution in [-0.2, 0) is 12.3 Å². The molecule has 3 aromatic rings. The van der Waals surface area contributed by atoms with Crippen LogP contribution in [-0.4, -0.2) is 21.5 Å². The first-order valence-electron chi connectivity index (χ1n) is 7.15. The summed E-state index contributed by atoms with van der Waals surface area (Å²) in [5.74, 6) is 0.873. The number of nitrogens with zero attached hydrogens (tertiary/aromatic N) is 2. The number of hydrogen-bond donors (Lipinski definition) is 1. The van der Waals surface area contributed by atoms with Gasteiger partial charge in [-0.25, -0.2) is 4.98 Å². The lowest BCUT2D eigenvalue weighted by molar-refractivity contribution is 0.0950. The van der Waals surface area contributed by atoms with Gasteiger partial charge in [0.15, 0.2) is 0 Å². The average Bonchev–Trinajstić information content (AvgIpc) is 2.95. The molecule has 4 nitrogen and oxygen atoms in total. The molecule has 1 amide bonds. The van der Waals surface area contributed by atoms with Gasteiger partial charge in [0.05, 0.1) is 12.2 Å². The summed E-state index contributed by atoms with van der Waals surface area (Å²) in [7, 11) is 0. The Morgan fingerprint density at radius 1 is 1.22 bits per heavy atom. The standard InChI is InChI=1S/C17H16BrN3OS/c1-23-11-12-2-4-13(5-3-12)17(22)19-8-15-10-21-9-14(18)6-7-16(21)20-15/h2-7,9-10H,8,11H2,1H3,(H,19,22). The second-order valence-electron chi connectivity index (χ2n) is 5.16. The van der Waals surface area contributed by atoms with Crippen LogP contribution in [0.3, 0.4) is 0 Å². The van der Waals surface area contributed by atoms with E-state index < -0.39 is 0 Å². The lowest BCUT2D eigenvalue weighted by Crippen LogP contribution is -2.22. The predicted molar refractivity (Wildman–Crippen MR) is 97.7 cm³/mol. The molecular weight excluding hydrogens is 374 g/mol. The van der Waals surface area contributed by atoms with Crippen LogP contribution in [0.1, 0.15) is 21.6 Å². The van der Waals surface area contributed by atoms with Crippen molar-refractivity contribution in [1.82, 2.24) is 14.7 Å². The third-order valence-corrected chi connectivity index (χ3v) is 4.51. The van der Waals surface area contributed by atoms with E-state index in [1.807, 2.05) is 53.2 Å². The normalized spacial score (nSPS) is 10.9. The highest BCUT2D eigenvalue weighted by molar-refractivity contribution is 9.10. The summed E-state index contributed by atoms with van der Waals surface area (Å²) in [6, 6.07) is 11.6. The number of carbonyl (C=O) groups excluding carboxylic acids is 1. The van der Waals surface area contributed by atoms with Gasteiger partial charge in [-0.05, 0) is 52.0 Å². The SMILES string of the molecule is CSCc1ccc(C(=O)NCc2cn3cc(Br)ccc3n2)cc1. The maximum atomic E-state index is 12.2. The molecule has 1 aromatic carbocycles. The maximum Gasteiger partial charge on any atom is 0.251 e. The van der Waals surface area contributed by atoms with Gasteiger partial charge < -0.3 is 9.72 Å². The second-order valence-corrected chi connectivity index (χ2v) is 6.94. The molecular formula is C17H16BrN3OS. The number of hydrogen-bond acceptors (Lipinski definition) is 3. The van der Waals surface area contributed by atoms with Crippen LogP contribution in [0.25, 0.3) is 5.65 Å². The number of benzene rings is 1. The number of pyridine rings is 1. The molecule has 0 unspecified atom stereocenters. The number of nitrogens with one attached hydrogen (secondary N) is 1. The fourth-order valence-corrected chi connectivity index (χ4v) is 3.17. The Balaban J connectivity index is 1.65. The molecule has 0 spiro atoms. The van der Waals surface area contributed by atoms with Gasteiger partial charge in [-0.2, -0.15) is 11.8 Å². The van der Waals surface area contributed by atoms with E-state index in [0.29, 0.717) is 12.1 Å². The minimum absolute atomic E-state index is 0.0843. The Labute approximate surface area is 147 Å². The molecule has 23 heavy (non-hydrogen) atoms. The number of aromatic nitrogens is 2. The van der Waals surface area contributed by atoms with Crippen LogP contribution in [0.15, 0.2) is 53.3 Å². The fraction of sp³-hybridized carbons (Fsp3) is 0.176. The topological polar surface area (TPSA) is 46.4 Å². The van der Waals surface area contributed by atoms with Gasteiger partial charge in [0.25, 0.3) is 5.91 Å². The van der Waals surface area contributed by atoms with Crippen LogP contribution in [0.2, 0.25) is 0 Å². The molecule has 0 saturated carbocycles. The average molecular weight is 390 g/mol. The maximum absolute atomic E-state index is 12.2. The largest absolute Gasteiger partial charge is 0.346 e. The highest BCUT2D eigenvalue weighted by Gasteiger charge is 2.07.